The van der Waals surface area contributed by atoms with Gasteiger partial charge in [-0.15, -0.1) is 0 Å². The van der Waals surface area contributed by atoms with Crippen LogP contribution in [0.2, 0.25) is 0 Å². The highest BCUT2D eigenvalue weighted by Gasteiger charge is 2.43. The maximum absolute atomic E-state index is 12.1. The van der Waals surface area contributed by atoms with Gasteiger partial charge in [-0.2, -0.15) is 0 Å². The van der Waals surface area contributed by atoms with Crippen molar-refractivity contribution in [3.8, 4) is 0 Å². The lowest BCUT2D eigenvalue weighted by Crippen LogP contribution is -2.61. The Hall–Kier alpha value is -1.35. The van der Waals surface area contributed by atoms with Crippen molar-refractivity contribution in [2.24, 2.45) is 0 Å². The first-order valence-corrected chi connectivity index (χ1v) is 6.20. The number of nitrogens with one attached hydrogen (secondary N) is 1. The number of nitrogens with zero attached hydrogens (tertiary/aromatic N) is 1. The van der Waals surface area contributed by atoms with Gasteiger partial charge in [-0.3, -0.25) is 4.79 Å². The standard InChI is InChI=1S/C14H18N2O/c1-14(2)7-10-5-3-4-6-11(10)12-8-15-9-13(17)16(12)14/h3-6,12,15H,7-9H2,1-2H3. The van der Waals surface area contributed by atoms with E-state index in [4.69, 9.17) is 0 Å². The highest BCUT2D eigenvalue weighted by molar-refractivity contribution is 5.81. The van der Waals surface area contributed by atoms with E-state index in [0.29, 0.717) is 6.54 Å². The van der Waals surface area contributed by atoms with Crippen LogP contribution in [0.5, 0.6) is 0 Å². The van der Waals surface area contributed by atoms with Crippen molar-refractivity contribution in [3.63, 3.8) is 0 Å². The normalized spacial score (nSPS) is 26.4. The molecule has 17 heavy (non-hydrogen) atoms. The number of hydrogen-bond acceptors (Lipinski definition) is 2. The zero-order valence-electron chi connectivity index (χ0n) is 10.4. The van der Waals surface area contributed by atoms with Crippen LogP contribution in [0.25, 0.3) is 0 Å². The smallest absolute Gasteiger partial charge is 0.237 e. The predicted octanol–water partition coefficient (Wildman–Crippen LogP) is 1.49. The first kappa shape index (κ1) is 10.8. The van der Waals surface area contributed by atoms with E-state index >= 15 is 0 Å². The molecule has 1 atom stereocenters. The number of carbonyl (C=O) groups excluding carboxylic acids is 1. The molecule has 0 saturated carbocycles. The molecule has 2 aliphatic rings. The molecule has 1 N–H and O–H groups in total. The first-order chi connectivity index (χ1) is 8.09. The van der Waals surface area contributed by atoms with Crippen LogP contribution < -0.4 is 5.32 Å². The van der Waals surface area contributed by atoms with Crippen LogP contribution >= 0.6 is 0 Å². The fourth-order valence-electron chi connectivity index (χ4n) is 3.25. The van der Waals surface area contributed by atoms with Crippen LogP contribution in [0.4, 0.5) is 0 Å². The van der Waals surface area contributed by atoms with E-state index < -0.39 is 0 Å². The zero-order chi connectivity index (χ0) is 12.0. The molecule has 3 heteroatoms. The minimum atomic E-state index is -0.0712. The van der Waals surface area contributed by atoms with Crippen LogP contribution in [-0.2, 0) is 11.2 Å². The summed E-state index contributed by atoms with van der Waals surface area (Å²) in [7, 11) is 0. The second kappa shape index (κ2) is 3.57. The Kier molecular flexibility index (Phi) is 2.26. The highest BCUT2D eigenvalue weighted by Crippen LogP contribution is 2.39. The second-order valence-electron chi connectivity index (χ2n) is 5.60. The largest absolute Gasteiger partial charge is 0.328 e. The van der Waals surface area contributed by atoms with Crippen molar-refractivity contribution in [3.05, 3.63) is 35.4 Å². The van der Waals surface area contributed by atoms with Gasteiger partial charge < -0.3 is 10.2 Å². The van der Waals surface area contributed by atoms with Crippen molar-refractivity contribution in [1.82, 2.24) is 10.2 Å². The quantitative estimate of drug-likeness (QED) is 0.732. The average Bonchev–Trinajstić information content (AvgIpc) is 2.28. The fraction of sp³-hybridized carbons (Fsp3) is 0.500. The van der Waals surface area contributed by atoms with Crippen molar-refractivity contribution in [1.29, 1.82) is 0 Å². The minimum absolute atomic E-state index is 0.0712. The molecule has 1 aromatic carbocycles. The lowest BCUT2D eigenvalue weighted by Gasteiger charge is -2.51. The number of hydrogen-bond donors (Lipinski definition) is 1. The van der Waals surface area contributed by atoms with Crippen LogP contribution in [-0.4, -0.2) is 29.4 Å². The summed E-state index contributed by atoms with van der Waals surface area (Å²) >= 11 is 0. The number of piperazine rings is 1. The summed E-state index contributed by atoms with van der Waals surface area (Å²) < 4.78 is 0. The maximum atomic E-state index is 12.1. The van der Waals surface area contributed by atoms with Gasteiger partial charge in [0.1, 0.15) is 0 Å². The Labute approximate surface area is 102 Å². The van der Waals surface area contributed by atoms with E-state index in [1.54, 1.807) is 0 Å². The van der Waals surface area contributed by atoms with Gasteiger partial charge in [0.05, 0.1) is 12.6 Å². The third-order valence-corrected chi connectivity index (χ3v) is 3.88. The molecule has 1 unspecified atom stereocenters. The molecular formula is C14H18N2O. The Morgan fingerprint density at radius 1 is 1.35 bits per heavy atom. The summed E-state index contributed by atoms with van der Waals surface area (Å²) in [6.45, 7) is 5.67. The van der Waals surface area contributed by atoms with Gasteiger partial charge >= 0.3 is 0 Å². The summed E-state index contributed by atoms with van der Waals surface area (Å²) in [4.78, 5) is 14.2. The highest BCUT2D eigenvalue weighted by atomic mass is 16.2. The molecule has 3 nitrogen and oxygen atoms in total. The van der Waals surface area contributed by atoms with Gasteiger partial charge in [0.15, 0.2) is 0 Å². The van der Waals surface area contributed by atoms with Gasteiger partial charge in [0, 0.05) is 12.1 Å². The van der Waals surface area contributed by atoms with Crippen LogP contribution in [0.15, 0.2) is 24.3 Å². The van der Waals surface area contributed by atoms with Crippen molar-refractivity contribution in [2.45, 2.75) is 31.8 Å². The maximum Gasteiger partial charge on any atom is 0.237 e. The van der Waals surface area contributed by atoms with E-state index in [9.17, 15) is 4.79 Å². The summed E-state index contributed by atoms with van der Waals surface area (Å²) in [6, 6.07) is 8.70. The van der Waals surface area contributed by atoms with Gasteiger partial charge in [0.25, 0.3) is 0 Å². The lowest BCUT2D eigenvalue weighted by molar-refractivity contribution is -0.143. The molecule has 1 fully saturated rings. The Morgan fingerprint density at radius 2 is 2.12 bits per heavy atom. The van der Waals surface area contributed by atoms with Crippen molar-refractivity contribution >= 4 is 5.91 Å². The topological polar surface area (TPSA) is 32.3 Å². The summed E-state index contributed by atoms with van der Waals surface area (Å²) in [5.74, 6) is 0.223. The van der Waals surface area contributed by atoms with E-state index in [2.05, 4.69) is 48.3 Å². The van der Waals surface area contributed by atoms with E-state index in [0.717, 1.165) is 13.0 Å². The molecule has 1 saturated heterocycles. The van der Waals surface area contributed by atoms with Crippen molar-refractivity contribution < 1.29 is 4.79 Å². The number of benzene rings is 1. The van der Waals surface area contributed by atoms with Crippen LogP contribution in [0.3, 0.4) is 0 Å². The zero-order valence-corrected chi connectivity index (χ0v) is 10.4. The molecule has 2 heterocycles. The van der Waals surface area contributed by atoms with Crippen molar-refractivity contribution in [2.75, 3.05) is 13.1 Å². The first-order valence-electron chi connectivity index (χ1n) is 6.20. The van der Waals surface area contributed by atoms with Crippen LogP contribution in [0.1, 0.15) is 31.0 Å². The molecule has 90 valence electrons. The molecule has 1 aromatic rings. The predicted molar refractivity (Wildman–Crippen MR) is 66.7 cm³/mol. The molecule has 0 aromatic heterocycles. The third-order valence-electron chi connectivity index (χ3n) is 3.88. The molecule has 2 aliphatic heterocycles. The molecule has 3 rings (SSSR count). The summed E-state index contributed by atoms with van der Waals surface area (Å²) in [5, 5.41) is 3.22. The van der Waals surface area contributed by atoms with Crippen LogP contribution in [0, 0.1) is 0 Å². The van der Waals surface area contributed by atoms with E-state index in [1.165, 1.54) is 11.1 Å². The summed E-state index contributed by atoms with van der Waals surface area (Å²) in [6.07, 6.45) is 0.950. The number of carbonyl (C=O) groups is 1. The number of fused-ring (bicyclic) bond motifs is 3. The summed E-state index contributed by atoms with van der Waals surface area (Å²) in [5.41, 5.74) is 2.63. The van der Waals surface area contributed by atoms with E-state index in [-0.39, 0.29) is 17.5 Å². The van der Waals surface area contributed by atoms with Gasteiger partial charge in [-0.1, -0.05) is 24.3 Å². The fourth-order valence-corrected chi connectivity index (χ4v) is 3.25. The molecule has 0 bridgehead atoms. The SMILES string of the molecule is CC1(C)Cc2ccccc2C2CNCC(=O)N21. The third kappa shape index (κ3) is 1.57. The minimum Gasteiger partial charge on any atom is -0.328 e. The van der Waals surface area contributed by atoms with Gasteiger partial charge in [0.2, 0.25) is 5.91 Å². The Balaban J connectivity index is 2.12. The lowest BCUT2D eigenvalue weighted by atomic mass is 9.80. The Morgan fingerprint density at radius 3 is 2.94 bits per heavy atom. The van der Waals surface area contributed by atoms with E-state index in [1.807, 2.05) is 0 Å². The molecule has 0 spiro atoms. The van der Waals surface area contributed by atoms with Gasteiger partial charge in [-0.25, -0.2) is 0 Å². The average molecular weight is 230 g/mol. The van der Waals surface area contributed by atoms with Gasteiger partial charge in [-0.05, 0) is 31.4 Å². The molecule has 0 radical (unpaired) electrons. The molecule has 1 amide bonds. The monoisotopic (exact) mass is 230 g/mol. The molecule has 0 aliphatic carbocycles. The Bertz CT molecular complexity index is 467. The second-order valence-corrected chi connectivity index (χ2v) is 5.60. The molecular weight excluding hydrogens is 212 g/mol. The number of rotatable bonds is 0. The number of amides is 1.